The van der Waals surface area contributed by atoms with Crippen LogP contribution in [0.5, 0.6) is 0 Å². The molecule has 2 amide bonds. The smallest absolute Gasteiger partial charge is 0.237 e. The molecule has 0 heterocycles. The van der Waals surface area contributed by atoms with Crippen molar-refractivity contribution in [1.82, 2.24) is 4.90 Å². The third-order valence-electron chi connectivity index (χ3n) is 1.38. The molecule has 0 aromatic heterocycles. The predicted octanol–water partition coefficient (Wildman–Crippen LogP) is -0.270. The Bertz CT molecular complexity index is 157. The molecule has 0 rings (SSSR count). The lowest BCUT2D eigenvalue weighted by Gasteiger charge is -2.17. The van der Waals surface area contributed by atoms with Crippen LogP contribution in [0.25, 0.3) is 0 Å². The Morgan fingerprint density at radius 1 is 1.36 bits per heavy atom. The van der Waals surface area contributed by atoms with E-state index in [2.05, 4.69) is 0 Å². The van der Waals surface area contributed by atoms with Gasteiger partial charge in [0.1, 0.15) is 0 Å². The van der Waals surface area contributed by atoms with Crippen molar-refractivity contribution in [2.75, 3.05) is 13.1 Å². The van der Waals surface area contributed by atoms with Gasteiger partial charge in [0, 0.05) is 13.0 Å². The van der Waals surface area contributed by atoms with Crippen molar-refractivity contribution in [3.8, 4) is 0 Å². The van der Waals surface area contributed by atoms with Gasteiger partial charge in [-0.2, -0.15) is 0 Å². The van der Waals surface area contributed by atoms with Crippen molar-refractivity contribution >= 4 is 11.8 Å². The average molecular weight is 158 g/mol. The van der Waals surface area contributed by atoms with Gasteiger partial charge in [0.25, 0.3) is 0 Å². The first-order valence-corrected chi connectivity index (χ1v) is 3.67. The zero-order valence-electron chi connectivity index (χ0n) is 6.96. The first-order valence-electron chi connectivity index (χ1n) is 3.67. The van der Waals surface area contributed by atoms with E-state index in [1.165, 1.54) is 4.90 Å². The van der Waals surface area contributed by atoms with Gasteiger partial charge in [-0.25, -0.2) is 0 Å². The molecule has 0 bridgehead atoms. The fraction of sp³-hybridized carbons (Fsp3) is 0.714. The summed E-state index contributed by atoms with van der Waals surface area (Å²) in [5, 5.41) is 0. The molecule has 0 unspecified atom stereocenters. The van der Waals surface area contributed by atoms with Gasteiger partial charge in [-0.3, -0.25) is 9.59 Å². The van der Waals surface area contributed by atoms with Crippen molar-refractivity contribution in [1.29, 1.82) is 0 Å². The van der Waals surface area contributed by atoms with E-state index in [9.17, 15) is 9.59 Å². The Hall–Kier alpha value is -1.06. The number of carbonyl (C=O) groups is 2. The molecule has 0 atom stereocenters. The van der Waals surface area contributed by atoms with Gasteiger partial charge in [-0.15, -0.1) is 0 Å². The molecule has 4 nitrogen and oxygen atoms in total. The van der Waals surface area contributed by atoms with E-state index >= 15 is 0 Å². The molecule has 0 saturated heterocycles. The monoisotopic (exact) mass is 158 g/mol. The number of likely N-dealkylation sites (N-methyl/N-ethyl adjacent to an activating group) is 1. The number of hydrogen-bond acceptors (Lipinski definition) is 2. The molecule has 11 heavy (non-hydrogen) atoms. The summed E-state index contributed by atoms with van der Waals surface area (Å²) >= 11 is 0. The van der Waals surface area contributed by atoms with Crippen molar-refractivity contribution in [3.05, 3.63) is 0 Å². The minimum atomic E-state index is -0.464. The third kappa shape index (κ3) is 3.60. The zero-order chi connectivity index (χ0) is 8.85. The second kappa shape index (κ2) is 4.71. The summed E-state index contributed by atoms with van der Waals surface area (Å²) in [7, 11) is 0. The van der Waals surface area contributed by atoms with Crippen LogP contribution in [0.2, 0.25) is 0 Å². The van der Waals surface area contributed by atoms with Crippen LogP contribution in [0, 0.1) is 0 Å². The van der Waals surface area contributed by atoms with Crippen LogP contribution >= 0.6 is 0 Å². The highest BCUT2D eigenvalue weighted by molar-refractivity contribution is 5.83. The van der Waals surface area contributed by atoms with Crippen molar-refractivity contribution in [3.63, 3.8) is 0 Å². The molecule has 2 N–H and O–H groups in total. The van der Waals surface area contributed by atoms with Gasteiger partial charge in [0.15, 0.2) is 0 Å². The van der Waals surface area contributed by atoms with Crippen LogP contribution in [0.1, 0.15) is 20.3 Å². The number of nitrogens with zero attached hydrogens (tertiary/aromatic N) is 1. The van der Waals surface area contributed by atoms with Crippen molar-refractivity contribution in [2.45, 2.75) is 20.3 Å². The molecule has 0 aliphatic rings. The van der Waals surface area contributed by atoms with E-state index in [4.69, 9.17) is 5.73 Å². The van der Waals surface area contributed by atoms with Gasteiger partial charge in [-0.05, 0) is 6.92 Å². The van der Waals surface area contributed by atoms with Gasteiger partial charge < -0.3 is 10.6 Å². The topological polar surface area (TPSA) is 63.4 Å². The summed E-state index contributed by atoms with van der Waals surface area (Å²) in [4.78, 5) is 22.8. The number of primary amides is 1. The van der Waals surface area contributed by atoms with Gasteiger partial charge >= 0.3 is 0 Å². The SMILES string of the molecule is CCC(=O)N(CC)CC(N)=O. The molecule has 0 spiro atoms. The summed E-state index contributed by atoms with van der Waals surface area (Å²) in [6.45, 7) is 4.14. The lowest BCUT2D eigenvalue weighted by molar-refractivity contribution is -0.134. The fourth-order valence-corrected chi connectivity index (χ4v) is 0.788. The average Bonchev–Trinajstić information content (AvgIpc) is 1.98. The van der Waals surface area contributed by atoms with Crippen molar-refractivity contribution < 1.29 is 9.59 Å². The quantitative estimate of drug-likeness (QED) is 0.612. The molecule has 0 aliphatic carbocycles. The second-order valence-electron chi connectivity index (χ2n) is 2.23. The number of rotatable bonds is 4. The molecule has 0 radical (unpaired) electrons. The molecule has 0 aromatic rings. The number of carbonyl (C=O) groups excluding carboxylic acids is 2. The summed E-state index contributed by atoms with van der Waals surface area (Å²) in [6, 6.07) is 0. The second-order valence-corrected chi connectivity index (χ2v) is 2.23. The molecule has 0 fully saturated rings. The highest BCUT2D eigenvalue weighted by Crippen LogP contribution is 1.91. The molecule has 0 aliphatic heterocycles. The maximum absolute atomic E-state index is 11.0. The summed E-state index contributed by atoms with van der Waals surface area (Å²) in [5.41, 5.74) is 4.93. The van der Waals surface area contributed by atoms with Crippen LogP contribution in [-0.4, -0.2) is 29.8 Å². The third-order valence-corrected chi connectivity index (χ3v) is 1.38. The van der Waals surface area contributed by atoms with E-state index in [1.807, 2.05) is 6.92 Å². The van der Waals surface area contributed by atoms with Crippen LogP contribution in [0.4, 0.5) is 0 Å². The number of hydrogen-bond donors (Lipinski definition) is 1. The van der Waals surface area contributed by atoms with E-state index < -0.39 is 5.91 Å². The summed E-state index contributed by atoms with van der Waals surface area (Å²) in [5.74, 6) is -0.500. The molecular weight excluding hydrogens is 144 g/mol. The highest BCUT2D eigenvalue weighted by Gasteiger charge is 2.10. The number of nitrogens with two attached hydrogens (primary N) is 1. The maximum Gasteiger partial charge on any atom is 0.237 e. The fourth-order valence-electron chi connectivity index (χ4n) is 0.788. The normalized spacial score (nSPS) is 9.27. The van der Waals surface area contributed by atoms with Gasteiger partial charge in [-0.1, -0.05) is 6.92 Å². The lowest BCUT2D eigenvalue weighted by atomic mass is 10.4. The van der Waals surface area contributed by atoms with E-state index in [0.29, 0.717) is 13.0 Å². The minimum absolute atomic E-state index is 0.0309. The largest absolute Gasteiger partial charge is 0.368 e. The van der Waals surface area contributed by atoms with E-state index in [0.717, 1.165) is 0 Å². The molecule has 4 heteroatoms. The maximum atomic E-state index is 11.0. The first-order chi connectivity index (χ1) is 5.11. The van der Waals surface area contributed by atoms with Crippen molar-refractivity contribution in [2.24, 2.45) is 5.73 Å². The highest BCUT2D eigenvalue weighted by atomic mass is 16.2. The van der Waals surface area contributed by atoms with Crippen LogP contribution in [-0.2, 0) is 9.59 Å². The summed E-state index contributed by atoms with van der Waals surface area (Å²) in [6.07, 6.45) is 0.418. The Labute approximate surface area is 66.4 Å². The predicted molar refractivity (Wildman–Crippen MR) is 41.7 cm³/mol. The van der Waals surface area contributed by atoms with E-state index in [-0.39, 0.29) is 12.5 Å². The minimum Gasteiger partial charge on any atom is -0.368 e. The van der Waals surface area contributed by atoms with Crippen LogP contribution in [0.3, 0.4) is 0 Å². The Morgan fingerprint density at radius 3 is 2.18 bits per heavy atom. The number of amides is 2. The first kappa shape index (κ1) is 9.94. The lowest BCUT2D eigenvalue weighted by Crippen LogP contribution is -2.37. The van der Waals surface area contributed by atoms with Crippen LogP contribution < -0.4 is 5.73 Å². The Morgan fingerprint density at radius 2 is 1.91 bits per heavy atom. The Kier molecular flexibility index (Phi) is 4.26. The molecule has 0 saturated carbocycles. The zero-order valence-corrected chi connectivity index (χ0v) is 6.96. The Balaban J connectivity index is 3.94. The van der Waals surface area contributed by atoms with Crippen LogP contribution in [0.15, 0.2) is 0 Å². The summed E-state index contributed by atoms with van der Waals surface area (Å²) < 4.78 is 0. The molecule has 64 valence electrons. The molecular formula is C7H14N2O2. The van der Waals surface area contributed by atoms with E-state index in [1.54, 1.807) is 6.92 Å². The van der Waals surface area contributed by atoms with Gasteiger partial charge in [0.05, 0.1) is 6.54 Å². The van der Waals surface area contributed by atoms with Gasteiger partial charge in [0.2, 0.25) is 11.8 Å². The molecule has 0 aromatic carbocycles. The standard InChI is InChI=1S/C7H14N2O2/c1-3-7(11)9(4-2)5-6(8)10/h3-5H2,1-2H3,(H2,8,10).